The Kier molecular flexibility index (Phi) is 8.67. The summed E-state index contributed by atoms with van der Waals surface area (Å²) in [6.45, 7) is 2.22. The summed E-state index contributed by atoms with van der Waals surface area (Å²) < 4.78 is 0. The highest BCUT2D eigenvalue weighted by molar-refractivity contribution is 7.80. The summed E-state index contributed by atoms with van der Waals surface area (Å²) in [5, 5.41) is 2.89. The van der Waals surface area contributed by atoms with Crippen molar-refractivity contribution in [3.8, 4) is 0 Å². The van der Waals surface area contributed by atoms with Crippen molar-refractivity contribution in [1.82, 2.24) is 0 Å². The molecule has 0 unspecified atom stereocenters. The molecule has 0 aromatic heterocycles. The molecule has 21 heavy (non-hydrogen) atoms. The topological polar surface area (TPSA) is 55.1 Å². The van der Waals surface area contributed by atoms with Gasteiger partial charge in [0.15, 0.2) is 0 Å². The van der Waals surface area contributed by atoms with Crippen LogP contribution in [0.5, 0.6) is 0 Å². The number of carbonyl (C=O) groups is 1. The molecule has 1 rings (SSSR count). The van der Waals surface area contributed by atoms with Crippen LogP contribution in [0.2, 0.25) is 0 Å². The summed E-state index contributed by atoms with van der Waals surface area (Å²) in [5.74, 6) is 0.0589. The van der Waals surface area contributed by atoms with Gasteiger partial charge in [0.05, 0.1) is 0 Å². The Hall–Kier alpha value is -1.42. The molecule has 3 N–H and O–H groups in total. The molecule has 4 heteroatoms. The van der Waals surface area contributed by atoms with Gasteiger partial charge in [0.25, 0.3) is 0 Å². The van der Waals surface area contributed by atoms with Gasteiger partial charge in [-0.05, 0) is 18.6 Å². The van der Waals surface area contributed by atoms with Crippen molar-refractivity contribution in [1.29, 1.82) is 0 Å². The lowest BCUT2D eigenvalue weighted by Crippen LogP contribution is -2.13. The zero-order valence-electron chi connectivity index (χ0n) is 12.9. The molecule has 1 amide bonds. The lowest BCUT2D eigenvalue weighted by atomic mass is 10.1. The van der Waals surface area contributed by atoms with E-state index in [9.17, 15) is 4.79 Å². The van der Waals surface area contributed by atoms with Gasteiger partial charge in [-0.25, -0.2) is 0 Å². The largest absolute Gasteiger partial charge is 0.389 e. The summed E-state index contributed by atoms with van der Waals surface area (Å²) >= 11 is 4.93. The molecule has 0 atom stereocenters. The molecule has 0 aliphatic rings. The van der Waals surface area contributed by atoms with Gasteiger partial charge < -0.3 is 11.1 Å². The second-order valence-corrected chi connectivity index (χ2v) is 5.80. The summed E-state index contributed by atoms with van der Waals surface area (Å²) in [4.78, 5) is 12.2. The van der Waals surface area contributed by atoms with Gasteiger partial charge in [0, 0.05) is 17.7 Å². The Bertz CT molecular complexity index is 460. The average molecular weight is 306 g/mol. The van der Waals surface area contributed by atoms with Crippen LogP contribution in [0.25, 0.3) is 0 Å². The van der Waals surface area contributed by atoms with Crippen molar-refractivity contribution >= 4 is 28.8 Å². The van der Waals surface area contributed by atoms with E-state index in [2.05, 4.69) is 12.2 Å². The third kappa shape index (κ3) is 7.81. The van der Waals surface area contributed by atoms with Gasteiger partial charge in [-0.15, -0.1) is 0 Å². The van der Waals surface area contributed by atoms with Crippen LogP contribution in [0.3, 0.4) is 0 Å². The van der Waals surface area contributed by atoms with Gasteiger partial charge in [-0.2, -0.15) is 0 Å². The first-order valence-electron chi connectivity index (χ1n) is 7.83. The van der Waals surface area contributed by atoms with E-state index in [1.54, 1.807) is 0 Å². The van der Waals surface area contributed by atoms with Gasteiger partial charge >= 0.3 is 0 Å². The number of nitrogens with one attached hydrogen (secondary N) is 1. The van der Waals surface area contributed by atoms with E-state index in [-0.39, 0.29) is 5.91 Å². The van der Waals surface area contributed by atoms with Crippen LogP contribution < -0.4 is 11.1 Å². The maximum atomic E-state index is 11.9. The fourth-order valence-corrected chi connectivity index (χ4v) is 2.34. The molecule has 0 aliphatic heterocycles. The van der Waals surface area contributed by atoms with E-state index in [1.165, 1.54) is 32.1 Å². The Labute approximate surface area is 133 Å². The van der Waals surface area contributed by atoms with Crippen LogP contribution in [-0.4, -0.2) is 10.9 Å². The Morgan fingerprint density at radius 3 is 2.48 bits per heavy atom. The van der Waals surface area contributed by atoms with E-state index < -0.39 is 0 Å². The maximum Gasteiger partial charge on any atom is 0.224 e. The minimum atomic E-state index is 0.0589. The summed E-state index contributed by atoms with van der Waals surface area (Å²) in [5.41, 5.74) is 7.11. The van der Waals surface area contributed by atoms with Crippen LogP contribution in [0.4, 0.5) is 5.69 Å². The van der Waals surface area contributed by atoms with Crippen molar-refractivity contribution in [2.24, 2.45) is 5.73 Å². The molecule has 1 aromatic rings. The first-order chi connectivity index (χ1) is 10.1. The van der Waals surface area contributed by atoms with Gasteiger partial charge in [-0.3, -0.25) is 4.79 Å². The number of benzene rings is 1. The monoisotopic (exact) mass is 306 g/mol. The van der Waals surface area contributed by atoms with Crippen molar-refractivity contribution in [3.63, 3.8) is 0 Å². The molecule has 0 fully saturated rings. The highest BCUT2D eigenvalue weighted by Gasteiger charge is 2.04. The van der Waals surface area contributed by atoms with E-state index in [0.29, 0.717) is 11.4 Å². The highest BCUT2D eigenvalue weighted by Crippen LogP contribution is 2.12. The second-order valence-electron chi connectivity index (χ2n) is 5.36. The highest BCUT2D eigenvalue weighted by atomic mass is 32.1. The van der Waals surface area contributed by atoms with Gasteiger partial charge in [0.2, 0.25) is 5.91 Å². The zero-order valence-corrected chi connectivity index (χ0v) is 13.7. The summed E-state index contributed by atoms with van der Waals surface area (Å²) in [6.07, 6.45) is 9.07. The predicted molar refractivity (Wildman–Crippen MR) is 93.6 cm³/mol. The molecule has 0 aliphatic carbocycles. The fourth-order valence-electron chi connectivity index (χ4n) is 2.22. The minimum Gasteiger partial charge on any atom is -0.389 e. The molecule has 0 saturated heterocycles. The number of hydrogen-bond donors (Lipinski definition) is 2. The normalized spacial score (nSPS) is 10.3. The minimum absolute atomic E-state index is 0.0589. The second kappa shape index (κ2) is 10.3. The molecule has 0 radical (unpaired) electrons. The predicted octanol–water partition coefficient (Wildman–Crippen LogP) is 4.40. The van der Waals surface area contributed by atoms with E-state index >= 15 is 0 Å². The number of carbonyl (C=O) groups excluding carboxylic acids is 1. The Morgan fingerprint density at radius 2 is 1.81 bits per heavy atom. The molecule has 0 bridgehead atoms. The van der Waals surface area contributed by atoms with E-state index in [0.717, 1.165) is 24.1 Å². The summed E-state index contributed by atoms with van der Waals surface area (Å²) in [7, 11) is 0. The zero-order chi connectivity index (χ0) is 15.5. The first kappa shape index (κ1) is 17.6. The number of rotatable bonds is 10. The van der Waals surface area contributed by atoms with Crippen molar-refractivity contribution in [3.05, 3.63) is 29.8 Å². The van der Waals surface area contributed by atoms with Crippen LogP contribution in [0, 0.1) is 0 Å². The van der Waals surface area contributed by atoms with Crippen LogP contribution >= 0.6 is 12.2 Å². The molecule has 0 heterocycles. The molecule has 3 nitrogen and oxygen atoms in total. The van der Waals surface area contributed by atoms with Crippen LogP contribution in [0.15, 0.2) is 24.3 Å². The number of anilines is 1. The molecule has 0 spiro atoms. The molecular weight excluding hydrogens is 280 g/mol. The standard InChI is InChI=1S/C17H26N2OS/c1-2-3-4-5-6-7-8-12-16(20)19-15-11-9-10-14(13-15)17(18)21/h9-11,13H,2-8,12H2,1H3,(H2,18,21)(H,19,20). The van der Waals surface area contributed by atoms with Crippen molar-refractivity contribution < 1.29 is 4.79 Å². The SMILES string of the molecule is CCCCCCCCCC(=O)Nc1cccc(C(N)=S)c1. The number of unbranched alkanes of at least 4 members (excludes halogenated alkanes) is 6. The number of thiocarbonyl (C=S) groups is 1. The van der Waals surface area contributed by atoms with Crippen molar-refractivity contribution in [2.45, 2.75) is 58.3 Å². The quantitative estimate of drug-likeness (QED) is 0.497. The summed E-state index contributed by atoms with van der Waals surface area (Å²) in [6, 6.07) is 7.35. The van der Waals surface area contributed by atoms with Crippen LogP contribution in [-0.2, 0) is 4.79 Å². The fraction of sp³-hybridized carbons (Fsp3) is 0.529. The molecule has 0 saturated carbocycles. The number of hydrogen-bond acceptors (Lipinski definition) is 2. The molecular formula is C17H26N2OS. The van der Waals surface area contributed by atoms with E-state index in [1.807, 2.05) is 24.3 Å². The average Bonchev–Trinajstić information content (AvgIpc) is 2.46. The first-order valence-corrected chi connectivity index (χ1v) is 8.24. The third-order valence-corrected chi connectivity index (χ3v) is 3.67. The smallest absolute Gasteiger partial charge is 0.224 e. The van der Waals surface area contributed by atoms with Gasteiger partial charge in [-0.1, -0.05) is 69.8 Å². The van der Waals surface area contributed by atoms with Crippen LogP contribution in [0.1, 0.15) is 63.9 Å². The Balaban J connectivity index is 2.21. The molecule has 116 valence electrons. The number of amides is 1. The maximum absolute atomic E-state index is 11.9. The lowest BCUT2D eigenvalue weighted by Gasteiger charge is -2.07. The lowest BCUT2D eigenvalue weighted by molar-refractivity contribution is -0.116. The number of nitrogens with two attached hydrogens (primary N) is 1. The van der Waals surface area contributed by atoms with Gasteiger partial charge in [0.1, 0.15) is 4.99 Å². The molecule has 1 aromatic carbocycles. The Morgan fingerprint density at radius 1 is 1.14 bits per heavy atom. The van der Waals surface area contributed by atoms with E-state index in [4.69, 9.17) is 18.0 Å². The third-order valence-electron chi connectivity index (χ3n) is 3.44. The van der Waals surface area contributed by atoms with Crippen molar-refractivity contribution in [2.75, 3.05) is 5.32 Å².